The molecular formula is C10H8BrF3O3. The molecule has 0 bridgehead atoms. The van der Waals surface area contributed by atoms with Crippen LogP contribution in [-0.4, -0.2) is 17.2 Å². The third kappa shape index (κ3) is 3.62. The van der Waals surface area contributed by atoms with Gasteiger partial charge in [0.05, 0.1) is 10.0 Å². The van der Waals surface area contributed by atoms with Gasteiger partial charge in [-0.2, -0.15) is 13.2 Å². The fourth-order valence-corrected chi connectivity index (χ4v) is 1.49. The van der Waals surface area contributed by atoms with Crippen molar-refractivity contribution < 1.29 is 27.8 Å². The Bertz CT molecular complexity index is 431. The second-order valence-corrected chi connectivity index (χ2v) is 4.10. The topological polar surface area (TPSA) is 46.5 Å². The minimum absolute atomic E-state index is 0.0490. The molecule has 0 fully saturated rings. The van der Waals surface area contributed by atoms with E-state index in [1.807, 2.05) is 0 Å². The smallest absolute Gasteiger partial charge is 0.416 e. The summed E-state index contributed by atoms with van der Waals surface area (Å²) < 4.78 is 42.0. The Balaban J connectivity index is 2.95. The normalized spacial score (nSPS) is 13.2. The lowest BCUT2D eigenvalue weighted by molar-refractivity contribution is -0.144. The minimum Gasteiger partial charge on any atom is -0.479 e. The molecule has 0 aliphatic rings. The number of hydrogen-bond donors (Lipinski definition) is 1. The van der Waals surface area contributed by atoms with Gasteiger partial charge in [0.1, 0.15) is 5.75 Å². The second kappa shape index (κ2) is 4.95. The monoisotopic (exact) mass is 312 g/mol. The summed E-state index contributed by atoms with van der Waals surface area (Å²) in [6.07, 6.45) is -5.58. The number of halogens is 4. The Labute approximate surface area is 103 Å². The van der Waals surface area contributed by atoms with Gasteiger partial charge in [-0.15, -0.1) is 0 Å². The third-order valence-corrected chi connectivity index (χ3v) is 2.53. The number of ether oxygens (including phenoxy) is 1. The summed E-state index contributed by atoms with van der Waals surface area (Å²) in [6.45, 7) is 1.28. The molecule has 0 radical (unpaired) electrons. The van der Waals surface area contributed by atoms with Crippen LogP contribution in [0.4, 0.5) is 13.2 Å². The Kier molecular flexibility index (Phi) is 4.03. The van der Waals surface area contributed by atoms with Gasteiger partial charge in [0.2, 0.25) is 0 Å². The molecule has 0 amide bonds. The average molecular weight is 313 g/mol. The molecule has 17 heavy (non-hydrogen) atoms. The van der Waals surface area contributed by atoms with Crippen LogP contribution in [0.1, 0.15) is 12.5 Å². The van der Waals surface area contributed by atoms with E-state index in [1.165, 1.54) is 6.92 Å². The molecule has 1 aromatic rings. The first-order chi connectivity index (χ1) is 7.71. The van der Waals surface area contributed by atoms with Crippen LogP contribution in [0.3, 0.4) is 0 Å². The summed E-state index contributed by atoms with van der Waals surface area (Å²) in [5, 5.41) is 8.60. The fourth-order valence-electron chi connectivity index (χ4n) is 1.01. The summed E-state index contributed by atoms with van der Waals surface area (Å²) in [5.74, 6) is -1.15. The van der Waals surface area contributed by atoms with Crippen molar-refractivity contribution in [2.45, 2.75) is 19.2 Å². The van der Waals surface area contributed by atoms with Crippen LogP contribution >= 0.6 is 15.9 Å². The van der Waals surface area contributed by atoms with Gasteiger partial charge in [-0.25, -0.2) is 4.79 Å². The van der Waals surface area contributed by atoms with Crippen molar-refractivity contribution in [3.63, 3.8) is 0 Å². The van der Waals surface area contributed by atoms with E-state index in [4.69, 9.17) is 9.84 Å². The van der Waals surface area contributed by atoms with Gasteiger partial charge in [-0.1, -0.05) is 0 Å². The zero-order chi connectivity index (χ0) is 13.2. The van der Waals surface area contributed by atoms with Gasteiger partial charge in [-0.3, -0.25) is 0 Å². The number of benzene rings is 1. The van der Waals surface area contributed by atoms with Gasteiger partial charge in [0.25, 0.3) is 0 Å². The predicted octanol–water partition coefficient (Wildman–Crippen LogP) is 3.32. The molecule has 7 heteroatoms. The van der Waals surface area contributed by atoms with E-state index in [1.54, 1.807) is 0 Å². The van der Waals surface area contributed by atoms with Crippen molar-refractivity contribution >= 4 is 21.9 Å². The van der Waals surface area contributed by atoms with Crippen molar-refractivity contribution in [3.05, 3.63) is 28.2 Å². The average Bonchev–Trinajstić information content (AvgIpc) is 2.19. The molecule has 0 heterocycles. The van der Waals surface area contributed by atoms with Crippen molar-refractivity contribution in [2.75, 3.05) is 0 Å². The van der Waals surface area contributed by atoms with Crippen LogP contribution in [0.2, 0.25) is 0 Å². The van der Waals surface area contributed by atoms with Crippen LogP contribution in [0.15, 0.2) is 22.7 Å². The lowest BCUT2D eigenvalue weighted by Gasteiger charge is -2.13. The number of alkyl halides is 3. The standard InChI is InChI=1S/C10H8BrF3O3/c1-5(9(15)16)17-8-3-2-6(4-7(8)11)10(12,13)14/h2-5H,1H3,(H,15,16). The molecule has 1 rings (SSSR count). The Hall–Kier alpha value is -1.24. The first-order valence-corrected chi connectivity index (χ1v) is 5.27. The molecule has 1 aromatic carbocycles. The maximum atomic E-state index is 12.3. The van der Waals surface area contributed by atoms with Crippen LogP contribution in [0.5, 0.6) is 5.75 Å². The van der Waals surface area contributed by atoms with Gasteiger partial charge in [0, 0.05) is 0 Å². The van der Waals surface area contributed by atoms with Crippen molar-refractivity contribution in [3.8, 4) is 5.75 Å². The summed E-state index contributed by atoms with van der Waals surface area (Å²) in [6, 6.07) is 2.74. The highest BCUT2D eigenvalue weighted by molar-refractivity contribution is 9.10. The molecule has 1 N–H and O–H groups in total. The molecule has 0 aliphatic heterocycles. The van der Waals surface area contributed by atoms with E-state index in [2.05, 4.69) is 15.9 Å². The molecule has 94 valence electrons. The highest BCUT2D eigenvalue weighted by atomic mass is 79.9. The van der Waals surface area contributed by atoms with E-state index >= 15 is 0 Å². The number of hydrogen-bond acceptors (Lipinski definition) is 2. The first kappa shape index (κ1) is 13.8. The van der Waals surface area contributed by atoms with Gasteiger partial charge in [0.15, 0.2) is 6.10 Å². The molecule has 0 spiro atoms. The Morgan fingerprint density at radius 2 is 2.06 bits per heavy atom. The number of rotatable bonds is 3. The van der Waals surface area contributed by atoms with Crippen LogP contribution in [-0.2, 0) is 11.0 Å². The van der Waals surface area contributed by atoms with Crippen LogP contribution in [0, 0.1) is 0 Å². The fraction of sp³-hybridized carbons (Fsp3) is 0.300. The van der Waals surface area contributed by atoms with E-state index < -0.39 is 23.8 Å². The number of aliphatic carboxylic acids is 1. The highest BCUT2D eigenvalue weighted by Crippen LogP contribution is 2.35. The van der Waals surface area contributed by atoms with Gasteiger partial charge in [-0.05, 0) is 41.1 Å². The van der Waals surface area contributed by atoms with Gasteiger partial charge >= 0.3 is 12.1 Å². The molecule has 0 saturated heterocycles. The van der Waals surface area contributed by atoms with Crippen molar-refractivity contribution in [2.24, 2.45) is 0 Å². The molecular weight excluding hydrogens is 305 g/mol. The van der Waals surface area contributed by atoms with Crippen molar-refractivity contribution in [1.29, 1.82) is 0 Å². The molecule has 0 aliphatic carbocycles. The highest BCUT2D eigenvalue weighted by Gasteiger charge is 2.31. The number of carbonyl (C=O) groups is 1. The van der Waals surface area contributed by atoms with Gasteiger partial charge < -0.3 is 9.84 Å². The SMILES string of the molecule is CC(Oc1ccc(C(F)(F)F)cc1Br)C(=O)O. The third-order valence-electron chi connectivity index (χ3n) is 1.91. The maximum Gasteiger partial charge on any atom is 0.416 e. The Morgan fingerprint density at radius 1 is 1.47 bits per heavy atom. The summed E-state index contributed by atoms with van der Waals surface area (Å²) in [5.41, 5.74) is -0.834. The molecule has 3 nitrogen and oxygen atoms in total. The zero-order valence-electron chi connectivity index (χ0n) is 8.58. The quantitative estimate of drug-likeness (QED) is 0.931. The molecule has 1 atom stereocenters. The number of carboxylic acid groups (broad SMARTS) is 1. The zero-order valence-corrected chi connectivity index (χ0v) is 10.2. The molecule has 1 unspecified atom stereocenters. The lowest BCUT2D eigenvalue weighted by Crippen LogP contribution is -2.23. The summed E-state index contributed by atoms with van der Waals surface area (Å²) in [7, 11) is 0. The number of carboxylic acids is 1. The molecule has 0 aromatic heterocycles. The van der Waals surface area contributed by atoms with E-state index in [0.717, 1.165) is 18.2 Å². The van der Waals surface area contributed by atoms with E-state index in [-0.39, 0.29) is 10.2 Å². The van der Waals surface area contributed by atoms with E-state index in [9.17, 15) is 18.0 Å². The Morgan fingerprint density at radius 3 is 2.47 bits per heavy atom. The molecule has 0 saturated carbocycles. The van der Waals surface area contributed by atoms with Crippen molar-refractivity contribution in [1.82, 2.24) is 0 Å². The lowest BCUT2D eigenvalue weighted by atomic mass is 10.2. The van der Waals surface area contributed by atoms with E-state index in [0.29, 0.717) is 0 Å². The van der Waals surface area contributed by atoms with Crippen LogP contribution < -0.4 is 4.74 Å². The summed E-state index contributed by atoms with van der Waals surface area (Å²) in [4.78, 5) is 10.5. The maximum absolute atomic E-state index is 12.3. The largest absolute Gasteiger partial charge is 0.479 e. The minimum atomic E-state index is -4.44. The first-order valence-electron chi connectivity index (χ1n) is 4.48. The summed E-state index contributed by atoms with van der Waals surface area (Å²) >= 11 is 2.90. The van der Waals surface area contributed by atoms with Crippen LogP contribution in [0.25, 0.3) is 0 Å². The predicted molar refractivity (Wildman–Crippen MR) is 56.9 cm³/mol. The second-order valence-electron chi connectivity index (χ2n) is 3.24.